The van der Waals surface area contributed by atoms with Gasteiger partial charge in [0.25, 0.3) is 0 Å². The molecule has 0 atom stereocenters. The van der Waals surface area contributed by atoms with Crippen LogP contribution in [0.4, 0.5) is 17.1 Å². The van der Waals surface area contributed by atoms with E-state index in [2.05, 4.69) is 91.5 Å². The maximum atomic E-state index is 10.1. The van der Waals surface area contributed by atoms with Crippen molar-refractivity contribution in [3.05, 3.63) is 113 Å². The first-order chi connectivity index (χ1) is 16.6. The highest BCUT2D eigenvalue weighted by molar-refractivity contribution is 6.07. The summed E-state index contributed by atoms with van der Waals surface area (Å²) in [6.07, 6.45) is 0. The Bertz CT molecular complexity index is 1680. The molecule has 0 unspecified atom stereocenters. The smallest absolute Gasteiger partial charge is 0.101 e. The summed E-state index contributed by atoms with van der Waals surface area (Å²) in [6, 6.07) is 35.5. The molecule has 0 bridgehead atoms. The summed E-state index contributed by atoms with van der Waals surface area (Å²) in [5, 5.41) is 24.7. The van der Waals surface area contributed by atoms with Crippen molar-refractivity contribution >= 4 is 38.6 Å². The Hall–Kier alpha value is -4.60. The lowest BCUT2D eigenvalue weighted by Crippen LogP contribution is -2.31. The molecule has 160 valence electrons. The van der Waals surface area contributed by atoms with Gasteiger partial charge in [0.05, 0.1) is 28.2 Å². The van der Waals surface area contributed by atoms with Crippen molar-refractivity contribution in [3.63, 3.8) is 0 Å². The number of hydrogen-bond acceptors (Lipinski definition) is 3. The molecule has 0 saturated carbocycles. The molecule has 0 spiro atoms. The SMILES string of the molecule is CC1(C)c2ccc3ccccc3c2N(c2c(C#N)cccc2C#N)c2ccc3ccccc3c21. The van der Waals surface area contributed by atoms with E-state index in [1.54, 1.807) is 18.2 Å². The Balaban J connectivity index is 1.85. The minimum Gasteiger partial charge on any atom is -0.307 e. The van der Waals surface area contributed by atoms with E-state index < -0.39 is 0 Å². The van der Waals surface area contributed by atoms with Gasteiger partial charge in [0.1, 0.15) is 12.1 Å². The average Bonchev–Trinajstić information content (AvgIpc) is 2.88. The van der Waals surface area contributed by atoms with E-state index in [1.165, 1.54) is 21.9 Å². The van der Waals surface area contributed by atoms with Crippen LogP contribution in [0, 0.1) is 22.7 Å². The van der Waals surface area contributed by atoms with E-state index >= 15 is 0 Å². The zero-order valence-electron chi connectivity index (χ0n) is 19.0. The lowest BCUT2D eigenvalue weighted by atomic mass is 9.71. The van der Waals surface area contributed by atoms with E-state index in [9.17, 15) is 10.5 Å². The van der Waals surface area contributed by atoms with E-state index in [0.29, 0.717) is 16.8 Å². The molecular formula is C31H21N3. The van der Waals surface area contributed by atoms with Gasteiger partial charge in [-0.1, -0.05) is 86.6 Å². The van der Waals surface area contributed by atoms with Gasteiger partial charge in [-0.3, -0.25) is 0 Å². The van der Waals surface area contributed by atoms with Crippen LogP contribution >= 0.6 is 0 Å². The van der Waals surface area contributed by atoms with Gasteiger partial charge in [-0.15, -0.1) is 0 Å². The lowest BCUT2D eigenvalue weighted by molar-refractivity contribution is 0.639. The van der Waals surface area contributed by atoms with Crippen LogP contribution in [0.1, 0.15) is 36.1 Å². The normalized spacial score (nSPS) is 13.7. The average molecular weight is 436 g/mol. The van der Waals surface area contributed by atoms with Crippen molar-refractivity contribution in [1.29, 1.82) is 10.5 Å². The summed E-state index contributed by atoms with van der Waals surface area (Å²) in [5.74, 6) is 0. The third-order valence-electron chi connectivity index (χ3n) is 7.07. The standard InChI is InChI=1S/C31H21N3/c1-31(2)26-16-14-21-9-4-6-13-25(21)30(26)34(29-22(18-32)10-7-11-23(29)19-33)27-17-15-20-8-3-5-12-24(20)28(27)31/h3-17H,1-2H3. The predicted octanol–water partition coefficient (Wildman–Crippen LogP) is 7.85. The second-order valence-corrected chi connectivity index (χ2v) is 9.25. The monoisotopic (exact) mass is 435 g/mol. The third kappa shape index (κ3) is 2.62. The highest BCUT2D eigenvalue weighted by Gasteiger charge is 2.40. The second-order valence-electron chi connectivity index (χ2n) is 9.25. The Morgan fingerprint density at radius 3 is 1.88 bits per heavy atom. The molecule has 5 aromatic carbocycles. The van der Waals surface area contributed by atoms with Gasteiger partial charge >= 0.3 is 0 Å². The predicted molar refractivity (Wildman–Crippen MR) is 138 cm³/mol. The van der Waals surface area contributed by atoms with E-state index in [0.717, 1.165) is 22.1 Å². The highest BCUT2D eigenvalue weighted by Crippen LogP contribution is 2.56. The van der Waals surface area contributed by atoms with Crippen molar-refractivity contribution in [3.8, 4) is 12.1 Å². The number of benzene rings is 5. The van der Waals surface area contributed by atoms with Crippen LogP contribution in [-0.2, 0) is 5.41 Å². The Morgan fingerprint density at radius 1 is 0.618 bits per heavy atom. The van der Waals surface area contributed by atoms with Crippen LogP contribution < -0.4 is 4.90 Å². The summed E-state index contributed by atoms with van der Waals surface area (Å²) in [5.41, 5.74) is 5.72. The fourth-order valence-corrected chi connectivity index (χ4v) is 5.56. The maximum absolute atomic E-state index is 10.1. The fourth-order valence-electron chi connectivity index (χ4n) is 5.56. The van der Waals surface area contributed by atoms with Crippen molar-refractivity contribution in [2.24, 2.45) is 0 Å². The summed E-state index contributed by atoms with van der Waals surface area (Å²) in [6.45, 7) is 4.54. The number of anilines is 3. The van der Waals surface area contributed by atoms with Crippen molar-refractivity contribution in [1.82, 2.24) is 0 Å². The topological polar surface area (TPSA) is 50.8 Å². The molecule has 3 nitrogen and oxygen atoms in total. The molecule has 1 aliphatic rings. The van der Waals surface area contributed by atoms with Gasteiger partial charge < -0.3 is 4.90 Å². The number of fused-ring (bicyclic) bond motifs is 6. The second kappa shape index (κ2) is 7.20. The molecule has 34 heavy (non-hydrogen) atoms. The summed E-state index contributed by atoms with van der Waals surface area (Å²) >= 11 is 0. The Labute approximate surface area is 198 Å². The third-order valence-corrected chi connectivity index (χ3v) is 7.07. The van der Waals surface area contributed by atoms with Crippen LogP contribution in [0.3, 0.4) is 0 Å². The largest absolute Gasteiger partial charge is 0.307 e. The van der Waals surface area contributed by atoms with Crippen LogP contribution in [-0.4, -0.2) is 0 Å². The van der Waals surface area contributed by atoms with Crippen molar-refractivity contribution in [2.45, 2.75) is 19.3 Å². The molecular weight excluding hydrogens is 414 g/mol. The number of para-hydroxylation sites is 1. The molecule has 1 aliphatic heterocycles. The zero-order valence-corrected chi connectivity index (χ0v) is 19.0. The number of rotatable bonds is 1. The molecule has 6 rings (SSSR count). The summed E-state index contributed by atoms with van der Waals surface area (Å²) < 4.78 is 0. The Kier molecular flexibility index (Phi) is 4.25. The summed E-state index contributed by atoms with van der Waals surface area (Å²) in [7, 11) is 0. The molecule has 0 saturated heterocycles. The van der Waals surface area contributed by atoms with Gasteiger partial charge in [0.2, 0.25) is 0 Å². The molecule has 0 aliphatic carbocycles. The zero-order chi connectivity index (χ0) is 23.4. The lowest BCUT2D eigenvalue weighted by Gasteiger charge is -2.43. The van der Waals surface area contributed by atoms with Crippen molar-refractivity contribution in [2.75, 3.05) is 4.90 Å². The minimum absolute atomic E-state index is 0.291. The van der Waals surface area contributed by atoms with E-state index in [4.69, 9.17) is 0 Å². The first kappa shape index (κ1) is 20.0. The van der Waals surface area contributed by atoms with Crippen molar-refractivity contribution < 1.29 is 0 Å². The Morgan fingerprint density at radius 2 is 1.21 bits per heavy atom. The van der Waals surface area contributed by atoms with Gasteiger partial charge in [0, 0.05) is 10.8 Å². The van der Waals surface area contributed by atoms with Gasteiger partial charge in [-0.2, -0.15) is 10.5 Å². The van der Waals surface area contributed by atoms with Gasteiger partial charge in [-0.25, -0.2) is 0 Å². The van der Waals surface area contributed by atoms with Crippen LogP contribution in [0.25, 0.3) is 21.5 Å². The molecule has 0 aromatic heterocycles. The molecule has 0 fully saturated rings. The number of nitriles is 2. The molecule has 0 radical (unpaired) electrons. The summed E-state index contributed by atoms with van der Waals surface area (Å²) in [4.78, 5) is 2.15. The number of hydrogen-bond donors (Lipinski definition) is 0. The van der Waals surface area contributed by atoms with E-state index in [1.807, 2.05) is 12.1 Å². The molecule has 1 heterocycles. The first-order valence-corrected chi connectivity index (χ1v) is 11.3. The maximum Gasteiger partial charge on any atom is 0.101 e. The molecule has 0 N–H and O–H groups in total. The quantitative estimate of drug-likeness (QED) is 0.269. The van der Waals surface area contributed by atoms with Crippen LogP contribution in [0.2, 0.25) is 0 Å². The van der Waals surface area contributed by atoms with Crippen LogP contribution in [0.5, 0.6) is 0 Å². The fraction of sp³-hybridized carbons (Fsp3) is 0.0968. The van der Waals surface area contributed by atoms with E-state index in [-0.39, 0.29) is 5.41 Å². The minimum atomic E-state index is -0.291. The van der Waals surface area contributed by atoms with Gasteiger partial charge in [0.15, 0.2) is 0 Å². The van der Waals surface area contributed by atoms with Crippen LogP contribution in [0.15, 0.2) is 91.0 Å². The molecule has 0 amide bonds. The highest BCUT2D eigenvalue weighted by atomic mass is 15.2. The van der Waals surface area contributed by atoms with Gasteiger partial charge in [-0.05, 0) is 45.5 Å². The number of nitrogens with zero attached hydrogens (tertiary/aromatic N) is 3. The molecule has 5 aromatic rings. The molecule has 3 heteroatoms. The first-order valence-electron chi connectivity index (χ1n) is 11.3.